The maximum atomic E-state index is 11.1. The first-order chi connectivity index (χ1) is 5.28. The van der Waals surface area contributed by atoms with Crippen LogP contribution in [0.1, 0.15) is 20.8 Å². The average molecular weight is 197 g/mol. The lowest BCUT2D eigenvalue weighted by atomic mass is 10.7. The molecule has 0 bridgehead atoms. The van der Waals surface area contributed by atoms with E-state index in [0.717, 1.165) is 0 Å². The summed E-state index contributed by atoms with van der Waals surface area (Å²) in [6.07, 6.45) is -0.659. The third kappa shape index (κ3) is 3.06. The van der Waals surface area contributed by atoms with Crippen LogP contribution in [-0.4, -0.2) is 30.6 Å². The van der Waals surface area contributed by atoms with Crippen molar-refractivity contribution in [2.24, 2.45) is 5.73 Å². The molecule has 3 unspecified atom stereocenters. The van der Waals surface area contributed by atoms with Crippen LogP contribution in [0.3, 0.4) is 0 Å². The van der Waals surface area contributed by atoms with Crippen LogP contribution in [0.5, 0.6) is 0 Å². The summed E-state index contributed by atoms with van der Waals surface area (Å²) in [5.74, 6) is 0. The van der Waals surface area contributed by atoms with Crippen molar-refractivity contribution in [2.75, 3.05) is 0 Å². The van der Waals surface area contributed by atoms with Gasteiger partial charge in [0.25, 0.3) is 0 Å². The van der Waals surface area contributed by atoms with Crippen molar-refractivity contribution in [1.82, 2.24) is 0 Å². The van der Waals surface area contributed by atoms with Crippen molar-refractivity contribution < 1.29 is 18.3 Å². The van der Waals surface area contributed by atoms with Crippen molar-refractivity contribution in [3.63, 3.8) is 0 Å². The number of hydrogen-bond donors (Lipinski definition) is 2. The molecule has 0 fully saturated rings. The van der Waals surface area contributed by atoms with Crippen molar-refractivity contribution >= 4 is 9.84 Å². The van der Waals surface area contributed by atoms with E-state index in [1.807, 2.05) is 0 Å². The molecule has 6 heteroatoms. The van der Waals surface area contributed by atoms with Gasteiger partial charge >= 0.3 is 0 Å². The topological polar surface area (TPSA) is 89.6 Å². The molecule has 74 valence electrons. The first-order valence-corrected chi connectivity index (χ1v) is 5.21. The molecule has 0 aliphatic heterocycles. The maximum Gasteiger partial charge on any atom is 0.203 e. The van der Waals surface area contributed by atoms with E-state index >= 15 is 0 Å². The van der Waals surface area contributed by atoms with Gasteiger partial charge in [-0.25, -0.2) is 8.42 Å². The van der Waals surface area contributed by atoms with E-state index in [1.165, 1.54) is 20.8 Å². The van der Waals surface area contributed by atoms with Gasteiger partial charge in [0.2, 0.25) is 9.84 Å². The minimum atomic E-state index is -3.62. The van der Waals surface area contributed by atoms with Crippen LogP contribution in [0.4, 0.5) is 0 Å². The molecular formula is C6H15NO4S. The summed E-state index contributed by atoms with van der Waals surface area (Å²) in [7, 11) is -3.62. The smallest absolute Gasteiger partial charge is 0.203 e. The highest BCUT2D eigenvalue weighted by atomic mass is 32.2. The van der Waals surface area contributed by atoms with Crippen LogP contribution in [0.2, 0.25) is 0 Å². The highest BCUT2D eigenvalue weighted by Gasteiger charge is 2.27. The normalized spacial score (nSPS) is 20.1. The molecule has 3 atom stereocenters. The summed E-state index contributed by atoms with van der Waals surface area (Å²) in [5.41, 5.74) is 2.73. The van der Waals surface area contributed by atoms with Crippen LogP contribution >= 0.6 is 0 Å². The predicted molar refractivity (Wildman–Crippen MR) is 44.8 cm³/mol. The number of nitrogens with two attached hydrogens (primary N) is 1. The summed E-state index contributed by atoms with van der Waals surface area (Å²) >= 11 is 0. The van der Waals surface area contributed by atoms with Crippen molar-refractivity contribution in [1.29, 1.82) is 0 Å². The Morgan fingerprint density at radius 1 is 1.33 bits per heavy atom. The van der Waals surface area contributed by atoms with Crippen LogP contribution in [0, 0.1) is 0 Å². The summed E-state index contributed by atoms with van der Waals surface area (Å²) in [4.78, 5) is 0. The van der Waals surface area contributed by atoms with Crippen LogP contribution < -0.4 is 5.73 Å². The quantitative estimate of drug-likeness (QED) is 0.588. The first-order valence-electron chi connectivity index (χ1n) is 3.60. The lowest BCUT2D eigenvalue weighted by molar-refractivity contribution is 0.0526. The Labute approximate surface area is 72.4 Å². The summed E-state index contributed by atoms with van der Waals surface area (Å²) < 4.78 is 27.1. The Hall–Kier alpha value is -0.170. The van der Waals surface area contributed by atoms with Crippen molar-refractivity contribution in [3.05, 3.63) is 0 Å². The molecule has 0 aromatic heterocycles. The fraction of sp³-hybridized carbons (Fsp3) is 1.00. The number of aliphatic hydroxyl groups is 1. The zero-order valence-electron chi connectivity index (χ0n) is 7.39. The van der Waals surface area contributed by atoms with E-state index in [4.69, 9.17) is 15.6 Å². The number of aliphatic hydroxyl groups excluding tert-OH is 1. The Kier molecular flexibility index (Phi) is 4.12. The minimum absolute atomic E-state index is 0.659. The molecule has 0 rings (SSSR count). The van der Waals surface area contributed by atoms with E-state index in [0.29, 0.717) is 0 Å². The SMILES string of the molecule is CC(N)OC(C)S(=O)(=O)C(C)O. The molecule has 0 spiro atoms. The molecular weight excluding hydrogens is 182 g/mol. The van der Waals surface area contributed by atoms with E-state index in [2.05, 4.69) is 0 Å². The maximum absolute atomic E-state index is 11.1. The largest absolute Gasteiger partial charge is 0.377 e. The third-order valence-electron chi connectivity index (χ3n) is 1.34. The third-order valence-corrected chi connectivity index (χ3v) is 3.33. The second kappa shape index (κ2) is 4.18. The van der Waals surface area contributed by atoms with Crippen LogP contribution in [0.15, 0.2) is 0 Å². The number of rotatable bonds is 4. The second-order valence-corrected chi connectivity index (χ2v) is 5.12. The summed E-state index contributed by atoms with van der Waals surface area (Å²) in [6.45, 7) is 4.04. The predicted octanol–water partition coefficient (Wildman–Crippen LogP) is -0.593. The molecule has 5 nitrogen and oxygen atoms in total. The van der Waals surface area contributed by atoms with E-state index in [9.17, 15) is 8.42 Å². The molecule has 0 aliphatic rings. The van der Waals surface area contributed by atoms with E-state index in [-0.39, 0.29) is 0 Å². The lowest BCUT2D eigenvalue weighted by Gasteiger charge is -2.17. The summed E-state index contributed by atoms with van der Waals surface area (Å²) in [6, 6.07) is 0. The van der Waals surface area contributed by atoms with Gasteiger partial charge in [-0.15, -0.1) is 0 Å². The molecule has 0 saturated carbocycles. The Morgan fingerprint density at radius 2 is 1.75 bits per heavy atom. The van der Waals surface area contributed by atoms with Gasteiger partial charge in [-0.05, 0) is 20.8 Å². The second-order valence-electron chi connectivity index (χ2n) is 2.60. The van der Waals surface area contributed by atoms with Gasteiger partial charge in [0, 0.05) is 0 Å². The highest BCUT2D eigenvalue weighted by Crippen LogP contribution is 2.09. The average Bonchev–Trinajstić information content (AvgIpc) is 1.85. The van der Waals surface area contributed by atoms with Crippen LogP contribution in [-0.2, 0) is 14.6 Å². The van der Waals surface area contributed by atoms with Gasteiger partial charge in [0.05, 0.1) is 0 Å². The van der Waals surface area contributed by atoms with Gasteiger partial charge in [-0.2, -0.15) is 0 Å². The number of sulfone groups is 1. The summed E-state index contributed by atoms with van der Waals surface area (Å²) in [5, 5.41) is 8.85. The molecule has 12 heavy (non-hydrogen) atoms. The van der Waals surface area contributed by atoms with Crippen molar-refractivity contribution in [3.8, 4) is 0 Å². The molecule has 0 amide bonds. The molecule has 3 N–H and O–H groups in total. The molecule has 0 heterocycles. The fourth-order valence-corrected chi connectivity index (χ4v) is 1.54. The van der Waals surface area contributed by atoms with E-state index < -0.39 is 26.9 Å². The zero-order chi connectivity index (χ0) is 9.94. The van der Waals surface area contributed by atoms with E-state index in [1.54, 1.807) is 0 Å². The van der Waals surface area contributed by atoms with Gasteiger partial charge < -0.3 is 15.6 Å². The zero-order valence-corrected chi connectivity index (χ0v) is 8.21. The Balaban J connectivity index is 4.38. The number of ether oxygens (including phenoxy) is 1. The minimum Gasteiger partial charge on any atom is -0.377 e. The molecule has 0 aromatic carbocycles. The molecule has 0 radical (unpaired) electrons. The Morgan fingerprint density at radius 3 is 2.00 bits per heavy atom. The van der Waals surface area contributed by atoms with Gasteiger partial charge in [0.15, 0.2) is 10.9 Å². The molecule has 0 aromatic rings. The van der Waals surface area contributed by atoms with Crippen LogP contribution in [0.25, 0.3) is 0 Å². The lowest BCUT2D eigenvalue weighted by Crippen LogP contribution is -2.35. The van der Waals surface area contributed by atoms with Gasteiger partial charge in [0.1, 0.15) is 6.23 Å². The molecule has 0 aliphatic carbocycles. The van der Waals surface area contributed by atoms with Crippen molar-refractivity contribution in [2.45, 2.75) is 37.9 Å². The monoisotopic (exact) mass is 197 g/mol. The van der Waals surface area contributed by atoms with Gasteiger partial charge in [-0.3, -0.25) is 0 Å². The number of hydrogen-bond acceptors (Lipinski definition) is 5. The highest BCUT2D eigenvalue weighted by molar-refractivity contribution is 7.92. The molecule has 0 saturated heterocycles. The first kappa shape index (κ1) is 11.8. The van der Waals surface area contributed by atoms with Gasteiger partial charge in [-0.1, -0.05) is 0 Å². The standard InChI is InChI=1S/C6H15NO4S/c1-4(7)11-6(3)12(9,10)5(2)8/h4-6,8H,7H2,1-3H3. The fourth-order valence-electron chi connectivity index (χ4n) is 0.657. The Bertz CT molecular complexity index is 222.